The summed E-state index contributed by atoms with van der Waals surface area (Å²) >= 11 is 3.43. The van der Waals surface area contributed by atoms with Crippen LogP contribution in [0.5, 0.6) is 0 Å². The summed E-state index contributed by atoms with van der Waals surface area (Å²) in [5.41, 5.74) is 0.673. The summed E-state index contributed by atoms with van der Waals surface area (Å²) < 4.78 is 0.789. The average molecular weight is 318 g/mol. The molecule has 4 atom stereocenters. The average Bonchev–Trinajstić information content (AvgIpc) is 3.06. The van der Waals surface area contributed by atoms with Crippen LogP contribution in [0.15, 0.2) is 40.9 Å². The van der Waals surface area contributed by atoms with Gasteiger partial charge in [-0.3, -0.25) is 9.59 Å². The van der Waals surface area contributed by atoms with E-state index < -0.39 is 0 Å². The molecule has 0 radical (unpaired) electrons. The van der Waals surface area contributed by atoms with Crippen LogP contribution in [0, 0.1) is 23.7 Å². The molecule has 4 rings (SSSR count). The number of fused-ring (bicyclic) bond motifs is 5. The summed E-state index contributed by atoms with van der Waals surface area (Å²) in [4.78, 5) is 26.6. The highest BCUT2D eigenvalue weighted by Gasteiger charge is 2.59. The van der Waals surface area contributed by atoms with Crippen LogP contribution in [0.4, 0.5) is 5.69 Å². The standard InChI is InChI=1S/C15H12BrNO2/c16-10-3-1-2-4-11(10)17-14(18)12-8-5-6-9(7-8)13(12)15(17)19/h1-6,8-9,12-13H,7H2. The lowest BCUT2D eigenvalue weighted by Crippen LogP contribution is -2.33. The first-order valence-corrected chi connectivity index (χ1v) is 7.28. The maximum Gasteiger partial charge on any atom is 0.238 e. The normalized spacial score (nSPS) is 35.3. The summed E-state index contributed by atoms with van der Waals surface area (Å²) in [6, 6.07) is 7.40. The van der Waals surface area contributed by atoms with Gasteiger partial charge in [0.05, 0.1) is 17.5 Å². The van der Waals surface area contributed by atoms with E-state index in [1.54, 1.807) is 0 Å². The van der Waals surface area contributed by atoms with E-state index in [9.17, 15) is 9.59 Å². The first-order chi connectivity index (χ1) is 9.18. The molecule has 0 spiro atoms. The van der Waals surface area contributed by atoms with Crippen LogP contribution in [-0.2, 0) is 9.59 Å². The van der Waals surface area contributed by atoms with Crippen molar-refractivity contribution in [2.45, 2.75) is 6.42 Å². The minimum absolute atomic E-state index is 0.0289. The maximum absolute atomic E-state index is 12.6. The molecule has 96 valence electrons. The highest BCUT2D eigenvalue weighted by Crippen LogP contribution is 2.53. The Kier molecular flexibility index (Phi) is 2.28. The number of halogens is 1. The molecule has 2 fully saturated rings. The van der Waals surface area contributed by atoms with E-state index in [0.29, 0.717) is 5.69 Å². The fourth-order valence-corrected chi connectivity index (χ4v) is 4.23. The molecule has 1 saturated heterocycles. The summed E-state index contributed by atoms with van der Waals surface area (Å²) in [7, 11) is 0. The van der Waals surface area contributed by atoms with Gasteiger partial charge in [-0.15, -0.1) is 0 Å². The minimum Gasteiger partial charge on any atom is -0.274 e. The molecule has 1 heterocycles. The Balaban J connectivity index is 1.79. The number of rotatable bonds is 1. The van der Waals surface area contributed by atoms with Crippen LogP contribution in [0.2, 0.25) is 0 Å². The Morgan fingerprint density at radius 1 is 1.00 bits per heavy atom. The number of para-hydroxylation sites is 1. The number of carbonyl (C=O) groups excluding carboxylic acids is 2. The van der Waals surface area contributed by atoms with Crippen molar-refractivity contribution in [1.29, 1.82) is 0 Å². The lowest BCUT2D eigenvalue weighted by atomic mass is 9.85. The SMILES string of the molecule is O=C1C2C3C=CC(C3)C2C(=O)N1c1ccccc1Br. The third-order valence-electron chi connectivity index (χ3n) is 4.56. The van der Waals surface area contributed by atoms with Gasteiger partial charge in [-0.1, -0.05) is 24.3 Å². The number of nitrogens with zero attached hydrogens (tertiary/aromatic N) is 1. The first kappa shape index (κ1) is 11.4. The number of benzene rings is 1. The second-order valence-corrected chi connectivity index (χ2v) is 6.32. The largest absolute Gasteiger partial charge is 0.274 e. The number of carbonyl (C=O) groups is 2. The predicted octanol–water partition coefficient (Wildman–Crippen LogP) is 2.76. The van der Waals surface area contributed by atoms with Gasteiger partial charge in [-0.2, -0.15) is 0 Å². The van der Waals surface area contributed by atoms with Gasteiger partial charge in [-0.05, 0) is 46.3 Å². The molecule has 2 amide bonds. The zero-order valence-electron chi connectivity index (χ0n) is 10.1. The molecule has 19 heavy (non-hydrogen) atoms. The number of allylic oxidation sites excluding steroid dienone is 2. The highest BCUT2D eigenvalue weighted by molar-refractivity contribution is 9.10. The topological polar surface area (TPSA) is 37.4 Å². The summed E-state index contributed by atoms with van der Waals surface area (Å²) in [6.07, 6.45) is 5.19. The lowest BCUT2D eigenvalue weighted by molar-refractivity contribution is -0.123. The van der Waals surface area contributed by atoms with E-state index in [2.05, 4.69) is 28.1 Å². The summed E-state index contributed by atoms with van der Waals surface area (Å²) in [6.45, 7) is 0. The van der Waals surface area contributed by atoms with Crippen molar-refractivity contribution in [2.75, 3.05) is 4.90 Å². The molecule has 1 aliphatic heterocycles. The fourth-order valence-electron chi connectivity index (χ4n) is 3.77. The van der Waals surface area contributed by atoms with Crippen LogP contribution in [0.1, 0.15) is 6.42 Å². The van der Waals surface area contributed by atoms with Crippen LogP contribution in [-0.4, -0.2) is 11.8 Å². The predicted molar refractivity (Wildman–Crippen MR) is 74.4 cm³/mol. The van der Waals surface area contributed by atoms with Crippen molar-refractivity contribution in [1.82, 2.24) is 0 Å². The third-order valence-corrected chi connectivity index (χ3v) is 5.23. The van der Waals surface area contributed by atoms with Crippen LogP contribution < -0.4 is 4.90 Å². The van der Waals surface area contributed by atoms with Crippen LogP contribution >= 0.6 is 15.9 Å². The van der Waals surface area contributed by atoms with Gasteiger partial charge < -0.3 is 0 Å². The Morgan fingerprint density at radius 2 is 1.58 bits per heavy atom. The Morgan fingerprint density at radius 3 is 2.16 bits per heavy atom. The van der Waals surface area contributed by atoms with E-state index in [-0.39, 0.29) is 35.5 Å². The molecule has 1 saturated carbocycles. The van der Waals surface area contributed by atoms with Gasteiger partial charge in [-0.25, -0.2) is 4.90 Å². The van der Waals surface area contributed by atoms with Crippen LogP contribution in [0.25, 0.3) is 0 Å². The van der Waals surface area contributed by atoms with Gasteiger partial charge in [0, 0.05) is 4.47 Å². The first-order valence-electron chi connectivity index (χ1n) is 6.49. The summed E-state index contributed by atoms with van der Waals surface area (Å²) in [5.74, 6) is 0.208. The van der Waals surface area contributed by atoms with Crippen molar-refractivity contribution in [3.8, 4) is 0 Å². The number of hydrogen-bond acceptors (Lipinski definition) is 2. The van der Waals surface area contributed by atoms with Gasteiger partial charge in [0.2, 0.25) is 11.8 Å². The second-order valence-electron chi connectivity index (χ2n) is 5.46. The number of imide groups is 1. The Bertz CT molecular complexity index is 594. The molecule has 1 aromatic rings. The monoisotopic (exact) mass is 317 g/mol. The molecular weight excluding hydrogens is 306 g/mol. The molecule has 4 heteroatoms. The number of anilines is 1. The van der Waals surface area contributed by atoms with Crippen LogP contribution in [0.3, 0.4) is 0 Å². The third kappa shape index (κ3) is 1.38. The number of amides is 2. The Labute approximate surface area is 119 Å². The van der Waals surface area contributed by atoms with E-state index in [1.807, 2.05) is 24.3 Å². The second kappa shape index (κ2) is 3.79. The molecule has 2 aliphatic carbocycles. The van der Waals surface area contributed by atoms with E-state index in [0.717, 1.165) is 10.9 Å². The molecule has 3 nitrogen and oxygen atoms in total. The molecule has 2 bridgehead atoms. The highest BCUT2D eigenvalue weighted by atomic mass is 79.9. The summed E-state index contributed by atoms with van der Waals surface area (Å²) in [5, 5.41) is 0. The molecule has 0 aromatic heterocycles. The van der Waals surface area contributed by atoms with Crippen molar-refractivity contribution < 1.29 is 9.59 Å². The van der Waals surface area contributed by atoms with E-state index in [1.165, 1.54) is 4.90 Å². The van der Waals surface area contributed by atoms with Gasteiger partial charge in [0.15, 0.2) is 0 Å². The van der Waals surface area contributed by atoms with E-state index >= 15 is 0 Å². The smallest absolute Gasteiger partial charge is 0.238 e. The lowest BCUT2D eigenvalue weighted by Gasteiger charge is -2.18. The quantitative estimate of drug-likeness (QED) is 0.590. The molecule has 4 unspecified atom stereocenters. The maximum atomic E-state index is 12.6. The molecule has 3 aliphatic rings. The minimum atomic E-state index is -0.130. The van der Waals surface area contributed by atoms with Crippen molar-refractivity contribution in [3.63, 3.8) is 0 Å². The van der Waals surface area contributed by atoms with E-state index in [4.69, 9.17) is 0 Å². The molecule has 1 aromatic carbocycles. The Hall–Kier alpha value is -1.42. The fraction of sp³-hybridized carbons (Fsp3) is 0.333. The molecule has 0 N–H and O–H groups in total. The zero-order valence-corrected chi connectivity index (χ0v) is 11.7. The van der Waals surface area contributed by atoms with Gasteiger partial charge in [0.1, 0.15) is 0 Å². The van der Waals surface area contributed by atoms with Crippen molar-refractivity contribution in [2.24, 2.45) is 23.7 Å². The number of hydrogen-bond donors (Lipinski definition) is 0. The van der Waals surface area contributed by atoms with Gasteiger partial charge in [0.25, 0.3) is 0 Å². The molecular formula is C15H12BrNO2. The van der Waals surface area contributed by atoms with Crippen molar-refractivity contribution in [3.05, 3.63) is 40.9 Å². The zero-order chi connectivity index (χ0) is 13.1. The van der Waals surface area contributed by atoms with Gasteiger partial charge >= 0.3 is 0 Å². The van der Waals surface area contributed by atoms with Crippen molar-refractivity contribution >= 4 is 33.4 Å².